The summed E-state index contributed by atoms with van der Waals surface area (Å²) in [5, 5.41) is 13.4. The number of hydrogen-bond donors (Lipinski definition) is 1. The summed E-state index contributed by atoms with van der Waals surface area (Å²) in [6.45, 7) is 5.96. The van der Waals surface area contributed by atoms with Gasteiger partial charge in [0, 0.05) is 16.3 Å². The SMILES string of the molecule is CCC(Sc1nc(-c2ccc(Cl)cc2)ccc1C#N)C(=O)Nc1cccc(C)c1C. The van der Waals surface area contributed by atoms with Crippen molar-refractivity contribution in [1.29, 1.82) is 5.26 Å². The number of amides is 1. The van der Waals surface area contributed by atoms with Crippen LogP contribution in [0.3, 0.4) is 0 Å². The van der Waals surface area contributed by atoms with Gasteiger partial charge in [0.05, 0.1) is 16.5 Å². The van der Waals surface area contributed by atoms with Gasteiger partial charge < -0.3 is 5.32 Å². The van der Waals surface area contributed by atoms with Crippen LogP contribution in [0.15, 0.2) is 59.6 Å². The van der Waals surface area contributed by atoms with Crippen LogP contribution in [0.5, 0.6) is 0 Å². The van der Waals surface area contributed by atoms with Crippen molar-refractivity contribution in [2.24, 2.45) is 0 Å². The van der Waals surface area contributed by atoms with Crippen LogP contribution in [0.4, 0.5) is 5.69 Å². The molecule has 1 heterocycles. The third-order valence-electron chi connectivity index (χ3n) is 4.90. The zero-order chi connectivity index (χ0) is 21.7. The van der Waals surface area contributed by atoms with Crippen molar-refractivity contribution in [3.8, 4) is 17.3 Å². The van der Waals surface area contributed by atoms with Crippen LogP contribution < -0.4 is 5.32 Å². The average molecular weight is 436 g/mol. The van der Waals surface area contributed by atoms with E-state index in [1.807, 2.05) is 57.2 Å². The molecule has 4 nitrogen and oxygen atoms in total. The van der Waals surface area contributed by atoms with Crippen molar-refractivity contribution in [3.63, 3.8) is 0 Å². The number of anilines is 1. The van der Waals surface area contributed by atoms with E-state index in [1.54, 1.807) is 18.2 Å². The summed E-state index contributed by atoms with van der Waals surface area (Å²) < 4.78 is 0. The second kappa shape index (κ2) is 9.80. The molecule has 3 aromatic rings. The normalized spacial score (nSPS) is 11.6. The van der Waals surface area contributed by atoms with Gasteiger partial charge in [-0.2, -0.15) is 5.26 Å². The number of nitrogens with one attached hydrogen (secondary N) is 1. The first-order valence-electron chi connectivity index (χ1n) is 9.63. The van der Waals surface area contributed by atoms with Crippen LogP contribution in [0.25, 0.3) is 11.3 Å². The molecule has 0 aliphatic heterocycles. The number of nitriles is 1. The van der Waals surface area contributed by atoms with Crippen LogP contribution in [-0.4, -0.2) is 16.1 Å². The Kier molecular flexibility index (Phi) is 7.15. The highest BCUT2D eigenvalue weighted by atomic mass is 35.5. The molecule has 3 rings (SSSR count). The molecule has 1 aromatic heterocycles. The number of halogens is 1. The van der Waals surface area contributed by atoms with Crippen molar-refractivity contribution in [2.45, 2.75) is 37.5 Å². The van der Waals surface area contributed by atoms with E-state index in [9.17, 15) is 10.1 Å². The average Bonchev–Trinajstić information content (AvgIpc) is 2.75. The third kappa shape index (κ3) is 5.02. The van der Waals surface area contributed by atoms with Gasteiger partial charge in [-0.05, 0) is 61.7 Å². The summed E-state index contributed by atoms with van der Waals surface area (Å²) in [6, 6.07) is 19.0. The lowest BCUT2D eigenvalue weighted by molar-refractivity contribution is -0.115. The molecule has 1 unspecified atom stereocenters. The van der Waals surface area contributed by atoms with Crippen molar-refractivity contribution >= 4 is 35.0 Å². The topological polar surface area (TPSA) is 65.8 Å². The molecule has 6 heteroatoms. The Balaban J connectivity index is 1.85. The fraction of sp³-hybridized carbons (Fsp3) is 0.208. The van der Waals surface area contributed by atoms with E-state index in [-0.39, 0.29) is 11.2 Å². The van der Waals surface area contributed by atoms with Crippen molar-refractivity contribution in [2.75, 3.05) is 5.32 Å². The van der Waals surface area contributed by atoms with Crippen LogP contribution in [0, 0.1) is 25.2 Å². The molecule has 1 atom stereocenters. The zero-order valence-electron chi connectivity index (χ0n) is 17.1. The monoisotopic (exact) mass is 435 g/mol. The van der Waals surface area contributed by atoms with Gasteiger partial charge in [-0.25, -0.2) is 4.98 Å². The number of carbonyl (C=O) groups excluding carboxylic acids is 1. The van der Waals surface area contributed by atoms with E-state index in [2.05, 4.69) is 16.4 Å². The van der Waals surface area contributed by atoms with Gasteiger partial charge in [-0.15, -0.1) is 0 Å². The third-order valence-corrected chi connectivity index (χ3v) is 6.52. The molecule has 0 bridgehead atoms. The highest BCUT2D eigenvalue weighted by Crippen LogP contribution is 2.31. The van der Waals surface area contributed by atoms with E-state index in [4.69, 9.17) is 11.6 Å². The van der Waals surface area contributed by atoms with Gasteiger partial charge >= 0.3 is 0 Å². The first kappa shape index (κ1) is 21.9. The molecule has 1 N–H and O–H groups in total. The number of rotatable bonds is 6. The molecule has 0 radical (unpaired) electrons. The molecule has 0 saturated carbocycles. The fourth-order valence-corrected chi connectivity index (χ4v) is 4.07. The molecule has 0 spiro atoms. The Hall–Kier alpha value is -2.81. The first-order valence-corrected chi connectivity index (χ1v) is 10.9. The Morgan fingerprint density at radius 3 is 2.57 bits per heavy atom. The van der Waals surface area contributed by atoms with Crippen LogP contribution in [0.2, 0.25) is 5.02 Å². The lowest BCUT2D eigenvalue weighted by Crippen LogP contribution is -2.25. The molecule has 1 amide bonds. The first-order chi connectivity index (χ1) is 14.4. The minimum absolute atomic E-state index is 0.0983. The number of aryl methyl sites for hydroxylation is 1. The maximum absolute atomic E-state index is 12.9. The smallest absolute Gasteiger partial charge is 0.237 e. The van der Waals surface area contributed by atoms with Crippen molar-refractivity contribution in [1.82, 2.24) is 4.98 Å². The predicted molar refractivity (Wildman–Crippen MR) is 124 cm³/mol. The van der Waals surface area contributed by atoms with Gasteiger partial charge in [0.15, 0.2) is 0 Å². The molecule has 0 aliphatic rings. The van der Waals surface area contributed by atoms with Gasteiger partial charge in [-0.3, -0.25) is 4.79 Å². The lowest BCUT2D eigenvalue weighted by Gasteiger charge is -2.17. The second-order valence-electron chi connectivity index (χ2n) is 6.92. The molecule has 2 aromatic carbocycles. The van der Waals surface area contributed by atoms with E-state index in [0.717, 1.165) is 28.1 Å². The summed E-state index contributed by atoms with van der Waals surface area (Å²) in [5.74, 6) is -0.0983. The minimum Gasteiger partial charge on any atom is -0.325 e. The maximum atomic E-state index is 12.9. The summed E-state index contributed by atoms with van der Waals surface area (Å²) in [6.07, 6.45) is 0.610. The molecule has 0 aliphatic carbocycles. The van der Waals surface area contributed by atoms with Crippen molar-refractivity contribution in [3.05, 3.63) is 76.3 Å². The molecule has 152 valence electrons. The van der Waals surface area contributed by atoms with Crippen LogP contribution in [-0.2, 0) is 4.79 Å². The van der Waals surface area contributed by atoms with Crippen molar-refractivity contribution < 1.29 is 4.79 Å². The van der Waals surface area contributed by atoms with Gasteiger partial charge in [0.2, 0.25) is 5.91 Å². The van der Waals surface area contributed by atoms with Crippen LogP contribution >= 0.6 is 23.4 Å². The largest absolute Gasteiger partial charge is 0.325 e. The number of hydrogen-bond acceptors (Lipinski definition) is 4. The molecular weight excluding hydrogens is 414 g/mol. The summed E-state index contributed by atoms with van der Waals surface area (Å²) >= 11 is 7.29. The summed E-state index contributed by atoms with van der Waals surface area (Å²) in [5.41, 5.74) is 5.07. The minimum atomic E-state index is -0.370. The van der Waals surface area contributed by atoms with E-state index in [1.165, 1.54) is 11.8 Å². The Labute approximate surface area is 186 Å². The molecule has 0 fully saturated rings. The number of pyridine rings is 1. The summed E-state index contributed by atoms with van der Waals surface area (Å²) in [4.78, 5) is 17.6. The lowest BCUT2D eigenvalue weighted by atomic mass is 10.1. The van der Waals surface area contributed by atoms with E-state index < -0.39 is 0 Å². The predicted octanol–water partition coefficient (Wildman–Crippen LogP) is 6.40. The number of carbonyl (C=O) groups is 1. The highest BCUT2D eigenvalue weighted by molar-refractivity contribution is 8.00. The highest BCUT2D eigenvalue weighted by Gasteiger charge is 2.21. The standard InChI is InChI=1S/C24H22ClN3OS/c1-4-22(23(29)27-20-7-5-6-15(2)16(20)3)30-24-18(14-26)10-13-21(28-24)17-8-11-19(25)12-9-17/h5-13,22H,4H2,1-3H3,(H,27,29). The van der Waals surface area contributed by atoms with E-state index >= 15 is 0 Å². The Bertz CT molecular complexity index is 1110. The molecular formula is C24H22ClN3OS. The summed E-state index contributed by atoms with van der Waals surface area (Å²) in [7, 11) is 0. The number of nitrogens with zero attached hydrogens (tertiary/aromatic N) is 2. The number of benzene rings is 2. The Morgan fingerprint density at radius 2 is 1.90 bits per heavy atom. The molecule has 0 saturated heterocycles. The van der Waals surface area contributed by atoms with Gasteiger partial charge in [-0.1, -0.05) is 54.6 Å². The molecule has 30 heavy (non-hydrogen) atoms. The Morgan fingerprint density at radius 1 is 1.17 bits per heavy atom. The maximum Gasteiger partial charge on any atom is 0.237 e. The quantitative estimate of drug-likeness (QED) is 0.455. The van der Waals surface area contributed by atoms with Gasteiger partial charge in [0.25, 0.3) is 0 Å². The van der Waals surface area contributed by atoms with Gasteiger partial charge in [0.1, 0.15) is 11.1 Å². The van der Waals surface area contributed by atoms with E-state index in [0.29, 0.717) is 22.0 Å². The van der Waals surface area contributed by atoms with Crippen LogP contribution in [0.1, 0.15) is 30.0 Å². The zero-order valence-corrected chi connectivity index (χ0v) is 18.6. The number of thioether (sulfide) groups is 1. The number of aromatic nitrogens is 1. The fourth-order valence-electron chi connectivity index (χ4n) is 2.95. The second-order valence-corrected chi connectivity index (χ2v) is 8.55.